The number of sulfone groups is 1. The van der Waals surface area contributed by atoms with Crippen molar-refractivity contribution in [2.45, 2.75) is 16.7 Å². The first kappa shape index (κ1) is 23.4. The van der Waals surface area contributed by atoms with Crippen LogP contribution in [-0.4, -0.2) is 33.9 Å². The van der Waals surface area contributed by atoms with E-state index in [1.165, 1.54) is 36.6 Å². The fourth-order valence-electron chi connectivity index (χ4n) is 2.90. The summed E-state index contributed by atoms with van der Waals surface area (Å²) in [5.74, 6) is -1.04. The summed E-state index contributed by atoms with van der Waals surface area (Å²) in [5, 5.41) is 4.03. The van der Waals surface area contributed by atoms with E-state index in [2.05, 4.69) is 10.6 Å². The normalized spacial score (nSPS) is 12.1. The molecule has 0 aliphatic rings. The predicted octanol–water partition coefficient (Wildman–Crippen LogP) is 2.89. The molecule has 1 atom stereocenters. The molecular weight excluding hydrogens is 456 g/mol. The third kappa shape index (κ3) is 5.68. The summed E-state index contributed by atoms with van der Waals surface area (Å²) in [7, 11) is -2.39. The van der Waals surface area contributed by atoms with Crippen LogP contribution in [0.2, 0.25) is 5.02 Å². The van der Waals surface area contributed by atoms with E-state index in [4.69, 9.17) is 20.8 Å². The standard InChI is InChI=1S/C22H21ClN2O6S/c1-30-17-8-4-15(5-9-17)13-24-21(26)22(27)25-14-20(19-3-2-12-31-19)32(28,29)18-10-6-16(23)7-11-18/h2-12,20H,13-14H2,1H3,(H,24,26)(H,25,27)/t20-/m1/s1. The van der Waals surface area contributed by atoms with Crippen LogP contribution < -0.4 is 15.4 Å². The van der Waals surface area contributed by atoms with Gasteiger partial charge in [-0.15, -0.1) is 0 Å². The van der Waals surface area contributed by atoms with Crippen LogP contribution in [0.5, 0.6) is 5.75 Å². The topological polar surface area (TPSA) is 115 Å². The van der Waals surface area contributed by atoms with Gasteiger partial charge in [-0.05, 0) is 54.1 Å². The van der Waals surface area contributed by atoms with Crippen molar-refractivity contribution in [3.63, 3.8) is 0 Å². The maximum absolute atomic E-state index is 13.1. The zero-order valence-corrected chi connectivity index (χ0v) is 18.7. The molecule has 0 bridgehead atoms. The van der Waals surface area contributed by atoms with Crippen molar-refractivity contribution >= 4 is 33.3 Å². The van der Waals surface area contributed by atoms with E-state index in [0.717, 1.165) is 5.56 Å². The lowest BCUT2D eigenvalue weighted by molar-refractivity contribution is -0.139. The lowest BCUT2D eigenvalue weighted by Crippen LogP contribution is -2.42. The Hall–Kier alpha value is -3.30. The van der Waals surface area contributed by atoms with Crippen molar-refractivity contribution in [1.82, 2.24) is 10.6 Å². The van der Waals surface area contributed by atoms with Gasteiger partial charge in [-0.3, -0.25) is 9.59 Å². The molecule has 32 heavy (non-hydrogen) atoms. The lowest BCUT2D eigenvalue weighted by atomic mass is 10.2. The molecule has 0 saturated heterocycles. The van der Waals surface area contributed by atoms with E-state index in [1.807, 2.05) is 0 Å². The number of ether oxygens (including phenoxy) is 1. The molecule has 10 heteroatoms. The summed E-state index contributed by atoms with van der Waals surface area (Å²) in [4.78, 5) is 24.4. The SMILES string of the molecule is COc1ccc(CNC(=O)C(=O)NC[C@H](c2ccco2)S(=O)(=O)c2ccc(Cl)cc2)cc1. The molecule has 1 aromatic heterocycles. The summed E-state index contributed by atoms with van der Waals surface area (Å²) >= 11 is 5.85. The number of halogens is 1. The van der Waals surface area contributed by atoms with Gasteiger partial charge in [0.25, 0.3) is 0 Å². The molecule has 0 unspecified atom stereocenters. The van der Waals surface area contributed by atoms with Crippen LogP contribution in [-0.2, 0) is 26.0 Å². The Bertz CT molecular complexity index is 1160. The number of amides is 2. The van der Waals surface area contributed by atoms with Crippen LogP contribution in [0, 0.1) is 0 Å². The Morgan fingerprint density at radius 1 is 1.00 bits per heavy atom. The minimum absolute atomic E-state index is 0.0153. The van der Waals surface area contributed by atoms with Gasteiger partial charge in [-0.1, -0.05) is 23.7 Å². The van der Waals surface area contributed by atoms with Gasteiger partial charge in [-0.25, -0.2) is 8.42 Å². The quantitative estimate of drug-likeness (QED) is 0.483. The number of carbonyl (C=O) groups is 2. The molecule has 3 rings (SSSR count). The molecule has 2 N–H and O–H groups in total. The highest BCUT2D eigenvalue weighted by atomic mass is 35.5. The third-order valence-corrected chi connectivity index (χ3v) is 6.97. The van der Waals surface area contributed by atoms with E-state index in [9.17, 15) is 18.0 Å². The Labute approximate surface area is 190 Å². The molecule has 0 spiro atoms. The third-order valence-electron chi connectivity index (χ3n) is 4.64. The van der Waals surface area contributed by atoms with E-state index in [1.54, 1.807) is 37.4 Å². The number of benzene rings is 2. The monoisotopic (exact) mass is 476 g/mol. The minimum atomic E-state index is -3.93. The highest BCUT2D eigenvalue weighted by molar-refractivity contribution is 7.91. The first-order chi connectivity index (χ1) is 15.3. The summed E-state index contributed by atoms with van der Waals surface area (Å²) in [6, 6.07) is 15.7. The predicted molar refractivity (Wildman–Crippen MR) is 118 cm³/mol. The number of carbonyl (C=O) groups excluding carboxylic acids is 2. The number of hydrogen-bond acceptors (Lipinski definition) is 6. The van der Waals surface area contributed by atoms with E-state index in [-0.39, 0.29) is 23.7 Å². The average Bonchev–Trinajstić information content (AvgIpc) is 3.32. The van der Waals surface area contributed by atoms with Gasteiger partial charge in [0.1, 0.15) is 16.8 Å². The molecule has 2 aromatic carbocycles. The Morgan fingerprint density at radius 3 is 2.25 bits per heavy atom. The molecule has 0 radical (unpaired) electrons. The fourth-order valence-corrected chi connectivity index (χ4v) is 4.61. The molecule has 2 amide bonds. The second kappa shape index (κ2) is 10.3. The molecular formula is C22H21ClN2O6S. The van der Waals surface area contributed by atoms with Crippen LogP contribution >= 0.6 is 11.6 Å². The molecule has 1 heterocycles. The van der Waals surface area contributed by atoms with Crippen LogP contribution in [0.4, 0.5) is 0 Å². The van der Waals surface area contributed by atoms with E-state index in [0.29, 0.717) is 10.8 Å². The van der Waals surface area contributed by atoms with Gasteiger partial charge >= 0.3 is 11.8 Å². The number of nitrogens with one attached hydrogen (secondary N) is 2. The first-order valence-electron chi connectivity index (χ1n) is 9.53. The molecule has 8 nitrogen and oxygen atoms in total. The first-order valence-corrected chi connectivity index (χ1v) is 11.5. The maximum atomic E-state index is 13.1. The van der Waals surface area contributed by atoms with Crippen molar-refractivity contribution in [3.05, 3.63) is 83.3 Å². The summed E-state index contributed by atoms with van der Waals surface area (Å²) < 4.78 is 36.6. The second-order valence-corrected chi connectivity index (χ2v) is 9.31. The van der Waals surface area contributed by atoms with Crippen molar-refractivity contribution in [2.75, 3.05) is 13.7 Å². The lowest BCUT2D eigenvalue weighted by Gasteiger charge is -2.16. The molecule has 3 aromatic rings. The smallest absolute Gasteiger partial charge is 0.309 e. The van der Waals surface area contributed by atoms with Crippen LogP contribution in [0.25, 0.3) is 0 Å². The van der Waals surface area contributed by atoms with Gasteiger partial charge < -0.3 is 19.8 Å². The van der Waals surface area contributed by atoms with E-state index >= 15 is 0 Å². The van der Waals surface area contributed by atoms with Crippen LogP contribution in [0.3, 0.4) is 0 Å². The Kier molecular flexibility index (Phi) is 7.55. The number of hydrogen-bond donors (Lipinski definition) is 2. The highest BCUT2D eigenvalue weighted by Gasteiger charge is 2.32. The highest BCUT2D eigenvalue weighted by Crippen LogP contribution is 2.29. The van der Waals surface area contributed by atoms with Gasteiger partial charge in [0.15, 0.2) is 9.84 Å². The fraction of sp³-hybridized carbons (Fsp3) is 0.182. The maximum Gasteiger partial charge on any atom is 0.309 e. The zero-order valence-electron chi connectivity index (χ0n) is 17.1. The number of methoxy groups -OCH3 is 1. The van der Waals surface area contributed by atoms with Gasteiger partial charge in [-0.2, -0.15) is 0 Å². The Morgan fingerprint density at radius 2 is 1.66 bits per heavy atom. The van der Waals surface area contributed by atoms with Crippen molar-refractivity contribution < 1.29 is 27.2 Å². The van der Waals surface area contributed by atoms with E-state index < -0.39 is 26.9 Å². The molecule has 0 fully saturated rings. The van der Waals surface area contributed by atoms with Gasteiger partial charge in [0.05, 0.1) is 18.3 Å². The number of furan rings is 1. The second-order valence-electron chi connectivity index (χ2n) is 6.74. The van der Waals surface area contributed by atoms with Gasteiger partial charge in [0, 0.05) is 18.1 Å². The molecule has 0 aliphatic heterocycles. The Balaban J connectivity index is 1.66. The summed E-state index contributed by atoms with van der Waals surface area (Å²) in [6.45, 7) is -0.228. The zero-order chi connectivity index (χ0) is 23.1. The number of rotatable bonds is 8. The summed E-state index contributed by atoms with van der Waals surface area (Å²) in [5.41, 5.74) is 0.769. The largest absolute Gasteiger partial charge is 0.497 e. The molecule has 0 saturated carbocycles. The van der Waals surface area contributed by atoms with Crippen molar-refractivity contribution in [2.24, 2.45) is 0 Å². The van der Waals surface area contributed by atoms with Gasteiger partial charge in [0.2, 0.25) is 0 Å². The minimum Gasteiger partial charge on any atom is -0.497 e. The average molecular weight is 477 g/mol. The van der Waals surface area contributed by atoms with Crippen molar-refractivity contribution in [1.29, 1.82) is 0 Å². The van der Waals surface area contributed by atoms with Crippen molar-refractivity contribution in [3.8, 4) is 5.75 Å². The molecule has 168 valence electrons. The summed E-state index contributed by atoms with van der Waals surface area (Å²) in [6.07, 6.45) is 1.34. The molecule has 0 aliphatic carbocycles. The van der Waals surface area contributed by atoms with Crippen LogP contribution in [0.15, 0.2) is 76.2 Å². The van der Waals surface area contributed by atoms with Crippen LogP contribution in [0.1, 0.15) is 16.6 Å².